The van der Waals surface area contributed by atoms with E-state index in [4.69, 9.17) is 4.74 Å². The number of aliphatic hydroxyl groups is 1. The molecule has 8 heteroatoms. The lowest BCUT2D eigenvalue weighted by Gasteiger charge is -2.26. The molecule has 1 atom stereocenters. The van der Waals surface area contributed by atoms with Gasteiger partial charge in [-0.1, -0.05) is 34.1 Å². The zero-order chi connectivity index (χ0) is 25.3. The molecule has 1 saturated heterocycles. The van der Waals surface area contributed by atoms with Crippen LogP contribution in [0.1, 0.15) is 24.1 Å². The molecule has 0 aromatic heterocycles. The van der Waals surface area contributed by atoms with E-state index in [2.05, 4.69) is 15.9 Å². The van der Waals surface area contributed by atoms with Gasteiger partial charge in [-0.3, -0.25) is 14.5 Å². The number of phenols is 1. The molecule has 180 valence electrons. The predicted molar refractivity (Wildman–Crippen MR) is 139 cm³/mol. The number of ether oxygens (including phenoxy) is 1. The minimum absolute atomic E-state index is 0.0397. The van der Waals surface area contributed by atoms with E-state index in [1.807, 2.05) is 31.1 Å². The molecule has 1 aliphatic heterocycles. The number of amides is 1. The highest BCUT2D eigenvalue weighted by Gasteiger charge is 2.47. The summed E-state index contributed by atoms with van der Waals surface area (Å²) in [5, 5.41) is 21.4. The van der Waals surface area contributed by atoms with Crippen LogP contribution in [0.5, 0.6) is 11.5 Å². The molecule has 0 spiro atoms. The Balaban J connectivity index is 1.93. The van der Waals surface area contributed by atoms with Crippen LogP contribution >= 0.6 is 15.9 Å². The molecular formula is C27H25BrN2O5. The van der Waals surface area contributed by atoms with Crippen molar-refractivity contribution in [3.63, 3.8) is 0 Å². The van der Waals surface area contributed by atoms with Crippen molar-refractivity contribution >= 4 is 44.8 Å². The van der Waals surface area contributed by atoms with Crippen LogP contribution in [0.4, 0.5) is 11.4 Å². The number of rotatable bonds is 6. The molecule has 3 aromatic rings. The Hall–Kier alpha value is -3.78. The number of anilines is 2. The quantitative estimate of drug-likeness (QED) is 0.254. The van der Waals surface area contributed by atoms with Gasteiger partial charge in [-0.2, -0.15) is 0 Å². The molecule has 3 aromatic carbocycles. The standard InChI is InChI=1S/C27H25BrN2O5/c1-4-35-22-15-17(7-14-21(22)31)24-23(25(32)16-5-8-18(28)9-6-16)26(33)27(34)30(24)20-12-10-19(11-13-20)29(2)3/h5-15,24,31-32H,4H2,1-3H3/b25-23-. The van der Waals surface area contributed by atoms with Crippen LogP contribution in [0.2, 0.25) is 0 Å². The van der Waals surface area contributed by atoms with E-state index in [-0.39, 0.29) is 22.8 Å². The Kier molecular flexibility index (Phi) is 6.84. The van der Waals surface area contributed by atoms with Crippen molar-refractivity contribution in [2.24, 2.45) is 0 Å². The van der Waals surface area contributed by atoms with Crippen LogP contribution in [0.25, 0.3) is 5.76 Å². The summed E-state index contributed by atoms with van der Waals surface area (Å²) in [6.07, 6.45) is 0. The number of carbonyl (C=O) groups is 2. The van der Waals surface area contributed by atoms with Gasteiger partial charge < -0.3 is 19.8 Å². The molecule has 1 aliphatic rings. The molecular weight excluding hydrogens is 512 g/mol. The third-order valence-electron chi connectivity index (χ3n) is 5.81. The Morgan fingerprint density at radius 1 is 1.03 bits per heavy atom. The normalized spacial score (nSPS) is 17.0. The van der Waals surface area contributed by atoms with E-state index in [1.54, 1.807) is 55.5 Å². The second kappa shape index (κ2) is 9.84. The number of hydrogen-bond acceptors (Lipinski definition) is 6. The topological polar surface area (TPSA) is 90.3 Å². The zero-order valence-electron chi connectivity index (χ0n) is 19.5. The minimum Gasteiger partial charge on any atom is -0.507 e. The van der Waals surface area contributed by atoms with Crippen LogP contribution in [0, 0.1) is 0 Å². The summed E-state index contributed by atoms with van der Waals surface area (Å²) in [5.41, 5.74) is 2.31. The number of halogens is 1. The fraction of sp³-hybridized carbons (Fsp3) is 0.185. The lowest BCUT2D eigenvalue weighted by molar-refractivity contribution is -0.132. The first-order valence-electron chi connectivity index (χ1n) is 11.0. The highest BCUT2D eigenvalue weighted by atomic mass is 79.9. The molecule has 1 unspecified atom stereocenters. The van der Waals surface area contributed by atoms with Gasteiger partial charge in [0.05, 0.1) is 18.2 Å². The average molecular weight is 537 g/mol. The summed E-state index contributed by atoms with van der Waals surface area (Å²) in [4.78, 5) is 29.9. The maximum Gasteiger partial charge on any atom is 0.300 e. The molecule has 4 rings (SSSR count). The molecule has 0 radical (unpaired) electrons. The van der Waals surface area contributed by atoms with Crippen LogP contribution in [0.15, 0.2) is 76.8 Å². The Labute approximate surface area is 212 Å². The first kappa shape index (κ1) is 24.3. The lowest BCUT2D eigenvalue weighted by atomic mass is 9.94. The molecule has 1 amide bonds. The smallest absolute Gasteiger partial charge is 0.300 e. The molecule has 1 fully saturated rings. The van der Waals surface area contributed by atoms with Gasteiger partial charge in [0.1, 0.15) is 5.76 Å². The molecule has 0 saturated carbocycles. The van der Waals surface area contributed by atoms with Crippen LogP contribution in [-0.4, -0.2) is 42.6 Å². The fourth-order valence-electron chi connectivity index (χ4n) is 4.06. The summed E-state index contributed by atoms with van der Waals surface area (Å²) >= 11 is 3.37. The Morgan fingerprint density at radius 2 is 1.69 bits per heavy atom. The van der Waals surface area contributed by atoms with Crippen molar-refractivity contribution < 1.29 is 24.5 Å². The molecule has 0 bridgehead atoms. The lowest BCUT2D eigenvalue weighted by Crippen LogP contribution is -2.29. The largest absolute Gasteiger partial charge is 0.507 e. The minimum atomic E-state index is -0.927. The number of Topliss-reactive ketones (excluding diaryl/α,β-unsaturated/α-hetero) is 1. The van der Waals surface area contributed by atoms with Crippen LogP contribution < -0.4 is 14.5 Å². The van der Waals surface area contributed by atoms with Gasteiger partial charge in [-0.15, -0.1) is 0 Å². The van der Waals surface area contributed by atoms with E-state index in [0.717, 1.165) is 10.2 Å². The van der Waals surface area contributed by atoms with Gasteiger partial charge >= 0.3 is 0 Å². The number of hydrogen-bond donors (Lipinski definition) is 2. The van der Waals surface area contributed by atoms with Crippen molar-refractivity contribution in [1.29, 1.82) is 0 Å². The summed E-state index contributed by atoms with van der Waals surface area (Å²) in [5.74, 6) is -1.66. The highest BCUT2D eigenvalue weighted by Crippen LogP contribution is 2.44. The van der Waals surface area contributed by atoms with Crippen molar-refractivity contribution in [1.82, 2.24) is 0 Å². The Bertz CT molecular complexity index is 1300. The van der Waals surface area contributed by atoms with E-state index >= 15 is 0 Å². The van der Waals surface area contributed by atoms with Crippen molar-refractivity contribution in [2.75, 3.05) is 30.5 Å². The average Bonchev–Trinajstić information content (AvgIpc) is 3.11. The van der Waals surface area contributed by atoms with Crippen molar-refractivity contribution in [2.45, 2.75) is 13.0 Å². The summed E-state index contributed by atoms with van der Waals surface area (Å²) in [6, 6.07) is 17.8. The number of carbonyl (C=O) groups excluding carboxylic acids is 2. The van der Waals surface area contributed by atoms with Gasteiger partial charge in [-0.05, 0) is 61.0 Å². The van der Waals surface area contributed by atoms with Crippen LogP contribution in [0.3, 0.4) is 0 Å². The van der Waals surface area contributed by atoms with Gasteiger partial charge in [0, 0.05) is 35.5 Å². The molecule has 0 aliphatic carbocycles. The number of aromatic hydroxyl groups is 1. The Morgan fingerprint density at radius 3 is 2.29 bits per heavy atom. The first-order valence-corrected chi connectivity index (χ1v) is 11.8. The maximum absolute atomic E-state index is 13.3. The predicted octanol–water partition coefficient (Wildman–Crippen LogP) is 5.25. The highest BCUT2D eigenvalue weighted by molar-refractivity contribution is 9.10. The van der Waals surface area contributed by atoms with Crippen molar-refractivity contribution in [3.8, 4) is 11.5 Å². The molecule has 1 heterocycles. The van der Waals surface area contributed by atoms with Crippen LogP contribution in [-0.2, 0) is 9.59 Å². The van der Waals surface area contributed by atoms with Gasteiger partial charge in [0.25, 0.3) is 11.7 Å². The summed E-state index contributed by atoms with van der Waals surface area (Å²) < 4.78 is 6.35. The number of aliphatic hydroxyl groups excluding tert-OH is 1. The monoisotopic (exact) mass is 536 g/mol. The van der Waals surface area contributed by atoms with Gasteiger partial charge in [-0.25, -0.2) is 0 Å². The van der Waals surface area contributed by atoms with Gasteiger partial charge in [0.15, 0.2) is 11.5 Å². The third-order valence-corrected chi connectivity index (χ3v) is 6.33. The SMILES string of the molecule is CCOc1cc(C2/C(=C(/O)c3ccc(Br)cc3)C(=O)C(=O)N2c2ccc(N(C)C)cc2)ccc1O. The van der Waals surface area contributed by atoms with E-state index in [0.29, 0.717) is 23.4 Å². The van der Waals surface area contributed by atoms with Gasteiger partial charge in [0.2, 0.25) is 0 Å². The first-order chi connectivity index (χ1) is 16.7. The second-order valence-corrected chi connectivity index (χ2v) is 9.16. The number of phenolic OH excluding ortho intramolecular Hbond substituents is 1. The summed E-state index contributed by atoms with van der Waals surface area (Å²) in [6.45, 7) is 2.11. The number of ketones is 1. The molecule has 2 N–H and O–H groups in total. The van der Waals surface area contributed by atoms with E-state index in [1.165, 1.54) is 11.0 Å². The fourth-order valence-corrected chi connectivity index (χ4v) is 4.33. The van der Waals surface area contributed by atoms with Crippen molar-refractivity contribution in [3.05, 3.63) is 87.9 Å². The number of nitrogens with zero attached hydrogens (tertiary/aromatic N) is 2. The van der Waals surface area contributed by atoms with E-state index in [9.17, 15) is 19.8 Å². The zero-order valence-corrected chi connectivity index (χ0v) is 21.1. The summed E-state index contributed by atoms with van der Waals surface area (Å²) in [7, 11) is 3.82. The molecule has 35 heavy (non-hydrogen) atoms. The molecule has 7 nitrogen and oxygen atoms in total. The third kappa shape index (κ3) is 4.61. The second-order valence-electron chi connectivity index (χ2n) is 8.25. The van der Waals surface area contributed by atoms with E-state index < -0.39 is 17.7 Å². The number of benzene rings is 3. The maximum atomic E-state index is 13.3.